The van der Waals surface area contributed by atoms with E-state index in [1.807, 2.05) is 0 Å². The number of hydrogen-bond acceptors (Lipinski definition) is 4. The van der Waals surface area contributed by atoms with Gasteiger partial charge in [0.1, 0.15) is 11.5 Å². The van der Waals surface area contributed by atoms with E-state index in [-0.39, 0.29) is 49.9 Å². The molecule has 0 saturated heterocycles. The molecule has 0 aliphatic carbocycles. The number of benzene rings is 2. The molecule has 2 rings (SSSR count). The van der Waals surface area contributed by atoms with Gasteiger partial charge in [0.15, 0.2) is 0 Å². The molecule has 2 aromatic rings. The molecule has 274 valence electrons. The number of hydrogen-bond donors (Lipinski definition) is 2. The maximum atomic E-state index is 15.0. The zero-order valence-electron chi connectivity index (χ0n) is 25.2. The Morgan fingerprint density at radius 2 is 0.708 bits per heavy atom. The van der Waals surface area contributed by atoms with Gasteiger partial charge in [-0.05, 0) is 48.2 Å². The molecule has 0 spiro atoms. The minimum atomic E-state index is -8.58. The molecule has 0 aromatic heterocycles. The third kappa shape index (κ3) is 5.69. The Kier molecular flexibility index (Phi) is 10.8. The molecule has 0 aliphatic heterocycles. The number of alkyl halides is 16. The topological polar surface area (TPSA) is 70.5 Å². The van der Waals surface area contributed by atoms with Gasteiger partial charge in [-0.2, -0.15) is 70.2 Å². The van der Waals surface area contributed by atoms with Crippen LogP contribution in [-0.2, 0) is 24.7 Å². The van der Waals surface area contributed by atoms with Crippen molar-refractivity contribution >= 4 is 11.4 Å². The van der Waals surface area contributed by atoms with Crippen LogP contribution >= 0.6 is 0 Å². The Bertz CT molecular complexity index is 1370. The zero-order valence-corrected chi connectivity index (χ0v) is 25.2. The summed E-state index contributed by atoms with van der Waals surface area (Å²) < 4.78 is 245. The Hall–Kier alpha value is -3.48. The van der Waals surface area contributed by atoms with E-state index in [4.69, 9.17) is 11.5 Å². The van der Waals surface area contributed by atoms with Crippen molar-refractivity contribution in [2.75, 3.05) is 25.7 Å². The smallest absolute Gasteiger partial charge is 0.385 e. The fraction of sp³-hybridized carbons (Fsp3) is 0.571. The maximum Gasteiger partial charge on any atom is 0.385 e. The maximum absolute atomic E-state index is 15.0. The van der Waals surface area contributed by atoms with Gasteiger partial charge in [-0.3, -0.25) is 0 Å². The first kappa shape index (κ1) is 40.7. The van der Waals surface area contributed by atoms with Gasteiger partial charge in [0, 0.05) is 11.1 Å². The van der Waals surface area contributed by atoms with E-state index in [0.717, 1.165) is 0 Å². The predicted octanol–water partition coefficient (Wildman–Crippen LogP) is 9.47. The molecule has 20 heteroatoms. The van der Waals surface area contributed by atoms with Gasteiger partial charge in [0.05, 0.1) is 25.6 Å². The fourth-order valence-corrected chi connectivity index (χ4v) is 4.57. The number of aryl methyl sites for hydroxylation is 2. The van der Waals surface area contributed by atoms with E-state index < -0.39 is 92.5 Å². The summed E-state index contributed by atoms with van der Waals surface area (Å²) in [5.41, 5.74) is 4.44. The third-order valence-electron chi connectivity index (χ3n) is 7.42. The number of methoxy groups -OCH3 is 2. The summed E-state index contributed by atoms with van der Waals surface area (Å²) in [6.45, 7) is 2.77. The van der Waals surface area contributed by atoms with E-state index in [1.165, 1.54) is 13.8 Å². The van der Waals surface area contributed by atoms with Crippen molar-refractivity contribution in [2.45, 2.75) is 86.9 Å². The highest BCUT2D eigenvalue weighted by molar-refractivity contribution is 5.62. The SMILES string of the molecule is CCCc1cc(C(F)(F)C(F)(F)C(F)(F)C(F)(F)C(F)(F)C(F)(F)C(F)(F)C(F)(F)c2cc(CCC)c(N)c(OC)c2)cc(OC)c1N. The summed E-state index contributed by atoms with van der Waals surface area (Å²) in [5, 5.41) is 0. The number of rotatable bonds is 15. The molecular weight excluding hydrogens is 700 g/mol. The standard InChI is InChI=1S/C28H28F16N2O2/c1-5-7-13-9-15(11-17(47-3)19(13)45)21(29,30)23(33,34)25(37,38)27(41,42)28(43,44)26(39,40)24(35,36)22(31,32)16-10-14(8-6-2)20(46)18(12-16)48-4/h9-12H,5-8,45-46H2,1-4H3. The molecule has 0 bridgehead atoms. The molecule has 4 nitrogen and oxygen atoms in total. The molecule has 0 saturated carbocycles. The van der Waals surface area contributed by atoms with Gasteiger partial charge >= 0.3 is 47.4 Å². The summed E-state index contributed by atoms with van der Waals surface area (Å²) in [5.74, 6) is -64.6. The Labute approximate surface area is 262 Å². The highest BCUT2D eigenvalue weighted by Crippen LogP contribution is 2.66. The molecule has 0 amide bonds. The molecule has 0 radical (unpaired) electrons. The quantitative estimate of drug-likeness (QED) is 0.142. The molecule has 0 fully saturated rings. The van der Waals surface area contributed by atoms with Crippen molar-refractivity contribution in [3.63, 3.8) is 0 Å². The van der Waals surface area contributed by atoms with Crippen molar-refractivity contribution in [1.29, 1.82) is 0 Å². The lowest BCUT2D eigenvalue weighted by Gasteiger charge is -2.44. The van der Waals surface area contributed by atoms with E-state index in [9.17, 15) is 70.2 Å². The molecule has 0 heterocycles. The summed E-state index contributed by atoms with van der Waals surface area (Å²) in [4.78, 5) is 0. The van der Waals surface area contributed by atoms with Crippen LogP contribution in [0.3, 0.4) is 0 Å². The van der Waals surface area contributed by atoms with Gasteiger partial charge < -0.3 is 20.9 Å². The molecule has 0 unspecified atom stereocenters. The predicted molar refractivity (Wildman–Crippen MR) is 140 cm³/mol. The van der Waals surface area contributed by atoms with E-state index in [1.54, 1.807) is 0 Å². The zero-order chi connectivity index (χ0) is 37.7. The molecule has 0 atom stereocenters. The summed E-state index contributed by atoms with van der Waals surface area (Å²) in [6, 6.07) is -0.380. The van der Waals surface area contributed by atoms with Gasteiger partial charge in [-0.25, -0.2) is 0 Å². The molecule has 2 aromatic carbocycles. The lowest BCUT2D eigenvalue weighted by atomic mass is 9.84. The first-order valence-corrected chi connectivity index (χ1v) is 13.5. The van der Waals surface area contributed by atoms with Gasteiger partial charge in [-0.1, -0.05) is 26.7 Å². The second kappa shape index (κ2) is 12.8. The van der Waals surface area contributed by atoms with Crippen LogP contribution in [-0.4, -0.2) is 49.8 Å². The van der Waals surface area contributed by atoms with E-state index in [2.05, 4.69) is 9.47 Å². The Morgan fingerprint density at radius 3 is 0.938 bits per heavy atom. The second-order valence-corrected chi connectivity index (χ2v) is 10.6. The average molecular weight is 729 g/mol. The van der Waals surface area contributed by atoms with Crippen LogP contribution in [0.4, 0.5) is 81.6 Å². The first-order valence-electron chi connectivity index (χ1n) is 13.5. The van der Waals surface area contributed by atoms with Crippen LogP contribution in [0.5, 0.6) is 11.5 Å². The highest BCUT2D eigenvalue weighted by Gasteiger charge is 2.95. The molecular formula is C28H28F16N2O2. The Morgan fingerprint density at radius 1 is 0.458 bits per heavy atom. The second-order valence-electron chi connectivity index (χ2n) is 10.6. The lowest BCUT2D eigenvalue weighted by molar-refractivity contribution is -0.456. The monoisotopic (exact) mass is 728 g/mol. The van der Waals surface area contributed by atoms with E-state index >= 15 is 0 Å². The van der Waals surface area contributed by atoms with Crippen LogP contribution in [0.2, 0.25) is 0 Å². The Balaban J connectivity index is 2.77. The van der Waals surface area contributed by atoms with Crippen LogP contribution < -0.4 is 20.9 Å². The lowest BCUT2D eigenvalue weighted by Crippen LogP contribution is -2.74. The number of halogens is 16. The molecule has 4 N–H and O–H groups in total. The first-order chi connectivity index (χ1) is 21.5. The van der Waals surface area contributed by atoms with Crippen LogP contribution in [0.25, 0.3) is 0 Å². The molecule has 48 heavy (non-hydrogen) atoms. The average Bonchev–Trinajstić information content (AvgIpc) is 2.98. The summed E-state index contributed by atoms with van der Waals surface area (Å²) >= 11 is 0. The number of ether oxygens (including phenoxy) is 2. The van der Waals surface area contributed by atoms with Crippen LogP contribution in [0, 0.1) is 0 Å². The van der Waals surface area contributed by atoms with Crippen molar-refractivity contribution in [3.05, 3.63) is 46.5 Å². The van der Waals surface area contributed by atoms with Crippen molar-refractivity contribution in [3.8, 4) is 11.5 Å². The summed E-state index contributed by atoms with van der Waals surface area (Å²) in [6.07, 6.45) is -0.651. The van der Waals surface area contributed by atoms with E-state index in [0.29, 0.717) is 14.2 Å². The number of nitrogens with two attached hydrogens (primary N) is 2. The van der Waals surface area contributed by atoms with Crippen molar-refractivity contribution < 1.29 is 79.7 Å². The third-order valence-corrected chi connectivity index (χ3v) is 7.42. The van der Waals surface area contributed by atoms with Crippen molar-refractivity contribution in [2.24, 2.45) is 0 Å². The van der Waals surface area contributed by atoms with Crippen LogP contribution in [0.1, 0.15) is 48.9 Å². The fourth-order valence-electron chi connectivity index (χ4n) is 4.57. The van der Waals surface area contributed by atoms with Gasteiger partial charge in [0.25, 0.3) is 0 Å². The summed E-state index contributed by atoms with van der Waals surface area (Å²) in [7, 11) is 1.43. The number of nitrogen functional groups attached to an aromatic ring is 2. The van der Waals surface area contributed by atoms with Crippen molar-refractivity contribution in [1.82, 2.24) is 0 Å². The molecule has 0 aliphatic rings. The highest BCUT2D eigenvalue weighted by atomic mass is 19.4. The van der Waals surface area contributed by atoms with Gasteiger partial charge in [-0.15, -0.1) is 0 Å². The largest absolute Gasteiger partial charge is 0.495 e. The minimum absolute atomic E-state index is 0.0153. The van der Waals surface area contributed by atoms with Gasteiger partial charge in [0.2, 0.25) is 0 Å². The number of anilines is 2. The van der Waals surface area contributed by atoms with Crippen LogP contribution in [0.15, 0.2) is 24.3 Å². The minimum Gasteiger partial charge on any atom is -0.495 e. The normalized spacial score (nSPS) is 14.3.